The van der Waals surface area contributed by atoms with Crippen LogP contribution in [0.25, 0.3) is 10.6 Å². The summed E-state index contributed by atoms with van der Waals surface area (Å²) < 4.78 is 12.2. The summed E-state index contributed by atoms with van der Waals surface area (Å²) in [5.74, 6) is 1.78. The maximum Gasteiger partial charge on any atom is 0.151 e. The number of hydrogen-bond donors (Lipinski definition) is 0. The summed E-state index contributed by atoms with van der Waals surface area (Å²) in [4.78, 5) is 9.80. The Morgan fingerprint density at radius 2 is 1.97 bits per heavy atom. The first-order valence-electron chi connectivity index (χ1n) is 9.20. The fourth-order valence-electron chi connectivity index (χ4n) is 2.88. The predicted molar refractivity (Wildman–Crippen MR) is 127 cm³/mol. The highest BCUT2D eigenvalue weighted by atomic mass is 127. The normalized spacial score (nSPS) is 11.9. The molecule has 0 aromatic carbocycles. The van der Waals surface area contributed by atoms with Gasteiger partial charge in [-0.25, -0.2) is 4.98 Å². The van der Waals surface area contributed by atoms with E-state index in [1.165, 1.54) is 16.0 Å². The van der Waals surface area contributed by atoms with Gasteiger partial charge in [-0.2, -0.15) is 11.3 Å². The second-order valence-electron chi connectivity index (χ2n) is 6.25. The van der Waals surface area contributed by atoms with Gasteiger partial charge in [0.2, 0.25) is 0 Å². The molecule has 0 saturated heterocycles. The zero-order valence-corrected chi connectivity index (χ0v) is 19.4. The Kier molecular flexibility index (Phi) is 7.13. The Morgan fingerprint density at radius 1 is 1.07 bits per heavy atom. The molecule has 7 heteroatoms. The smallest absolute Gasteiger partial charge is 0.151 e. The number of thiophene rings is 2. The van der Waals surface area contributed by atoms with E-state index in [2.05, 4.69) is 60.8 Å². The fraction of sp³-hybridized carbons (Fsp3) is 0.182. The van der Waals surface area contributed by atoms with Gasteiger partial charge in [0.1, 0.15) is 15.1 Å². The summed E-state index contributed by atoms with van der Waals surface area (Å²) in [6.45, 7) is 1.46. The van der Waals surface area contributed by atoms with E-state index in [0.29, 0.717) is 6.61 Å². The lowest BCUT2D eigenvalue weighted by Gasteiger charge is -2.05. The first kappa shape index (κ1) is 20.3. The molecule has 5 rings (SSSR count). The Morgan fingerprint density at radius 3 is 2.83 bits per heavy atom. The van der Waals surface area contributed by atoms with Gasteiger partial charge in [-0.05, 0) is 86.3 Å². The van der Waals surface area contributed by atoms with Crippen LogP contribution in [0.5, 0.6) is 11.5 Å². The van der Waals surface area contributed by atoms with Crippen molar-refractivity contribution in [2.75, 3.05) is 13.2 Å². The molecule has 0 bridgehead atoms. The molecule has 0 fully saturated rings. The van der Waals surface area contributed by atoms with Crippen LogP contribution in [-0.2, 0) is 12.8 Å². The quantitative estimate of drug-likeness (QED) is 0.234. The first-order chi connectivity index (χ1) is 14.3. The van der Waals surface area contributed by atoms with Crippen molar-refractivity contribution in [1.82, 2.24) is 9.97 Å². The maximum atomic E-state index is 5.64. The monoisotopic (exact) mass is 534 g/mol. The second-order valence-corrected chi connectivity index (χ2v) is 8.96. The molecule has 148 valence electrons. The standard InChI is InChI=1S/C11H10INOS.C11H9NOS/c12-11-10(2-1-5-13-11)14-6-3-9-4-7-15-8-9;1-2-9-10(12-5-1)11-8(3-6-13-9)4-7-14-11/h1-2,4-5,7-8H,3,6H2;1-2,4-5,7H,3,6H2. The summed E-state index contributed by atoms with van der Waals surface area (Å²) in [7, 11) is 0. The highest BCUT2D eigenvalue weighted by Gasteiger charge is 2.16. The molecule has 0 aliphatic carbocycles. The number of pyridine rings is 2. The highest BCUT2D eigenvalue weighted by molar-refractivity contribution is 14.1. The lowest BCUT2D eigenvalue weighted by Crippen LogP contribution is -2.02. The molecule has 1 aliphatic heterocycles. The summed E-state index contributed by atoms with van der Waals surface area (Å²) in [5.41, 5.74) is 3.68. The molecule has 4 nitrogen and oxygen atoms in total. The molecule has 0 saturated carbocycles. The Labute approximate surface area is 191 Å². The summed E-state index contributed by atoms with van der Waals surface area (Å²) in [5, 5.41) is 6.36. The molecule has 29 heavy (non-hydrogen) atoms. The number of ether oxygens (including phenoxy) is 2. The second kappa shape index (κ2) is 10.2. The number of fused-ring (bicyclic) bond motifs is 3. The average molecular weight is 534 g/mol. The SMILES string of the molecule is Ic1ncccc1OCCc1ccsc1.c1cnc2c(c1)OCCc1ccsc1-2. The number of hydrogen-bond acceptors (Lipinski definition) is 6. The topological polar surface area (TPSA) is 44.2 Å². The first-order valence-corrected chi connectivity index (χ1v) is 12.1. The zero-order valence-electron chi connectivity index (χ0n) is 15.6. The van der Waals surface area contributed by atoms with Crippen molar-refractivity contribution in [1.29, 1.82) is 0 Å². The molecule has 1 aliphatic rings. The predicted octanol–water partition coefficient (Wildman–Crippen LogP) is 6.11. The van der Waals surface area contributed by atoms with Gasteiger partial charge < -0.3 is 9.47 Å². The van der Waals surface area contributed by atoms with Crippen molar-refractivity contribution >= 4 is 45.3 Å². The fourth-order valence-corrected chi connectivity index (χ4v) is 5.04. The van der Waals surface area contributed by atoms with E-state index in [-0.39, 0.29) is 0 Å². The third-order valence-corrected chi connectivity index (χ3v) is 6.82. The van der Waals surface area contributed by atoms with Gasteiger partial charge in [-0.1, -0.05) is 0 Å². The van der Waals surface area contributed by atoms with Crippen LogP contribution >= 0.6 is 45.3 Å². The van der Waals surface area contributed by atoms with E-state index < -0.39 is 0 Å². The van der Waals surface area contributed by atoms with E-state index in [9.17, 15) is 0 Å². The average Bonchev–Trinajstić information content (AvgIpc) is 3.40. The van der Waals surface area contributed by atoms with Crippen LogP contribution < -0.4 is 9.47 Å². The van der Waals surface area contributed by atoms with Crippen molar-refractivity contribution in [2.45, 2.75) is 12.8 Å². The Bertz CT molecular complexity index is 1050. The van der Waals surface area contributed by atoms with Gasteiger partial charge in [0.05, 0.1) is 18.1 Å². The van der Waals surface area contributed by atoms with E-state index in [0.717, 1.165) is 40.3 Å². The maximum absolute atomic E-state index is 5.64. The minimum atomic E-state index is 0.707. The summed E-state index contributed by atoms with van der Waals surface area (Å²) in [6.07, 6.45) is 5.52. The van der Waals surface area contributed by atoms with Crippen LogP contribution in [0.2, 0.25) is 0 Å². The lowest BCUT2D eigenvalue weighted by molar-refractivity contribution is 0.318. The third-order valence-electron chi connectivity index (χ3n) is 4.31. The van der Waals surface area contributed by atoms with Crippen molar-refractivity contribution in [3.05, 3.63) is 79.8 Å². The van der Waals surface area contributed by atoms with E-state index >= 15 is 0 Å². The Balaban J connectivity index is 0.000000141. The zero-order chi connectivity index (χ0) is 19.9. The Hall–Kier alpha value is -1.97. The molecule has 0 amide bonds. The van der Waals surface area contributed by atoms with Gasteiger partial charge in [0, 0.05) is 25.2 Å². The van der Waals surface area contributed by atoms with Crippen LogP contribution in [0.15, 0.2) is 64.9 Å². The van der Waals surface area contributed by atoms with Gasteiger partial charge in [0.15, 0.2) is 5.75 Å². The minimum Gasteiger partial charge on any atom is -0.491 e. The van der Waals surface area contributed by atoms with Crippen molar-refractivity contribution < 1.29 is 9.47 Å². The number of halogens is 1. The van der Waals surface area contributed by atoms with Gasteiger partial charge in [0.25, 0.3) is 0 Å². The molecule has 4 aromatic heterocycles. The van der Waals surface area contributed by atoms with E-state index in [1.54, 1.807) is 28.9 Å². The molecule has 0 atom stereocenters. The molecular formula is C22H19IN2O2S2. The molecule has 0 radical (unpaired) electrons. The van der Waals surface area contributed by atoms with Crippen molar-refractivity contribution in [3.63, 3.8) is 0 Å². The minimum absolute atomic E-state index is 0.707. The third kappa shape index (κ3) is 5.34. The van der Waals surface area contributed by atoms with Gasteiger partial charge >= 0.3 is 0 Å². The molecular weight excluding hydrogens is 515 g/mol. The number of aromatic nitrogens is 2. The number of nitrogens with zero attached hydrogens (tertiary/aromatic N) is 2. The molecule has 0 N–H and O–H groups in total. The van der Waals surface area contributed by atoms with Crippen LogP contribution in [0.1, 0.15) is 11.1 Å². The number of rotatable bonds is 4. The van der Waals surface area contributed by atoms with Crippen LogP contribution in [0.3, 0.4) is 0 Å². The van der Waals surface area contributed by atoms with E-state index in [1.807, 2.05) is 30.5 Å². The van der Waals surface area contributed by atoms with Gasteiger partial charge in [-0.3, -0.25) is 4.98 Å². The molecule has 0 spiro atoms. The van der Waals surface area contributed by atoms with Crippen LogP contribution in [0, 0.1) is 3.70 Å². The van der Waals surface area contributed by atoms with Crippen molar-refractivity contribution in [3.8, 4) is 22.1 Å². The molecule has 0 unspecified atom stereocenters. The molecule has 4 aromatic rings. The largest absolute Gasteiger partial charge is 0.491 e. The lowest BCUT2D eigenvalue weighted by atomic mass is 10.1. The van der Waals surface area contributed by atoms with Crippen LogP contribution in [-0.4, -0.2) is 23.2 Å². The van der Waals surface area contributed by atoms with E-state index in [4.69, 9.17) is 9.47 Å². The molecule has 5 heterocycles. The summed E-state index contributed by atoms with van der Waals surface area (Å²) >= 11 is 5.64. The van der Waals surface area contributed by atoms with Crippen molar-refractivity contribution in [2.24, 2.45) is 0 Å². The highest BCUT2D eigenvalue weighted by Crippen LogP contribution is 2.36. The van der Waals surface area contributed by atoms with Gasteiger partial charge in [-0.15, -0.1) is 11.3 Å². The summed E-state index contributed by atoms with van der Waals surface area (Å²) in [6, 6.07) is 12.0. The van der Waals surface area contributed by atoms with Crippen LogP contribution in [0.4, 0.5) is 0 Å².